The van der Waals surface area contributed by atoms with Gasteiger partial charge in [0.15, 0.2) is 0 Å². The van der Waals surface area contributed by atoms with Gasteiger partial charge in [0.2, 0.25) is 0 Å². The van der Waals surface area contributed by atoms with Crippen molar-refractivity contribution in [2.24, 2.45) is 0 Å². The molecule has 18 rings (SSSR count). The molecule has 2 aliphatic heterocycles. The molecule has 0 saturated heterocycles. The molecule has 16 aromatic rings. The van der Waals surface area contributed by atoms with E-state index in [1.807, 2.05) is 121 Å². The van der Waals surface area contributed by atoms with Crippen LogP contribution in [-0.2, 0) is 10.8 Å². The first-order chi connectivity index (χ1) is 52.5. The molecule has 0 saturated carbocycles. The second-order valence-corrected chi connectivity index (χ2v) is 28.0. The van der Waals surface area contributed by atoms with Crippen LogP contribution in [0.1, 0.15) is 71.9 Å². The summed E-state index contributed by atoms with van der Waals surface area (Å²) in [5.41, 5.74) is 20.1. The lowest BCUT2D eigenvalue weighted by atomic mass is 9.33. The molecule has 0 N–H and O–H groups in total. The van der Waals surface area contributed by atoms with Crippen molar-refractivity contribution in [3.63, 3.8) is 0 Å². The standard InChI is InChI=1S/C93H70BN5/c1-92(2,3)69-44-48-83-75(55-69)76-56-70(93(4,5)6)45-49-84(76)96(83)72-57-88-91-89(58-72)99(82-40-25-39-81(77(82)59-95)98-80-38-23-22-36-74(80)90-73(37-24-41-85(90)98)64-34-20-11-21-35-64)87-54-66(61-28-14-8-15-29-61)43-47-79(87)94(91)78-46-42-65(60-26-12-7-13-27-60)53-86(78)97(88)71-51-67(62-30-16-9-17-31-62)50-68(52-71)63-32-18-10-19-33-63/h7-58H,1-6H3/i7D,8D,12D,13D,14D,15D,26D,27D,28D,29D. The van der Waals surface area contributed by atoms with Crippen LogP contribution in [0.25, 0.3) is 111 Å². The normalized spacial score (nSPS) is 14.1. The zero-order chi connectivity index (χ0) is 75.5. The van der Waals surface area contributed by atoms with E-state index in [0.29, 0.717) is 45.1 Å². The van der Waals surface area contributed by atoms with Gasteiger partial charge in [-0.25, -0.2) is 0 Å². The fourth-order valence-electron chi connectivity index (χ4n) is 15.5. The number of nitriles is 1. The van der Waals surface area contributed by atoms with Crippen LogP contribution < -0.4 is 26.2 Å². The summed E-state index contributed by atoms with van der Waals surface area (Å²) in [6.45, 7) is 12.7. The highest BCUT2D eigenvalue weighted by Gasteiger charge is 2.45. The molecule has 4 heterocycles. The smallest absolute Gasteiger partial charge is 0.252 e. The fraction of sp³-hybridized carbons (Fsp3) is 0.0860. The van der Waals surface area contributed by atoms with E-state index in [2.05, 4.69) is 200 Å². The summed E-state index contributed by atoms with van der Waals surface area (Å²) in [4.78, 5) is 4.42. The molecule has 0 spiro atoms. The van der Waals surface area contributed by atoms with Crippen LogP contribution in [0.2, 0.25) is 0 Å². The Balaban J connectivity index is 1.02. The van der Waals surface area contributed by atoms with Gasteiger partial charge in [-0.1, -0.05) is 266 Å². The van der Waals surface area contributed by atoms with Gasteiger partial charge in [-0.3, -0.25) is 0 Å². The molecule has 0 unspecified atom stereocenters. The Bertz CT molecular complexity index is 6420. The molecule has 99 heavy (non-hydrogen) atoms. The van der Waals surface area contributed by atoms with E-state index in [-0.39, 0.29) is 46.1 Å². The number of para-hydroxylation sites is 1. The highest BCUT2D eigenvalue weighted by molar-refractivity contribution is 7.00. The van der Waals surface area contributed by atoms with Crippen molar-refractivity contribution in [1.82, 2.24) is 9.13 Å². The number of rotatable bonds is 9. The van der Waals surface area contributed by atoms with Crippen LogP contribution in [0.5, 0.6) is 0 Å². The van der Waals surface area contributed by atoms with E-state index in [1.165, 1.54) is 0 Å². The Hall–Kier alpha value is -12.2. The molecular formula is C93H70BN5. The quantitative estimate of drug-likeness (QED) is 0.135. The minimum Gasteiger partial charge on any atom is -0.311 e. The molecule has 6 heteroatoms. The van der Waals surface area contributed by atoms with Gasteiger partial charge >= 0.3 is 0 Å². The van der Waals surface area contributed by atoms with Crippen molar-refractivity contribution in [1.29, 1.82) is 5.26 Å². The molecule has 0 atom stereocenters. The van der Waals surface area contributed by atoms with Crippen LogP contribution in [0.4, 0.5) is 34.1 Å². The van der Waals surface area contributed by atoms with Crippen LogP contribution in [0.15, 0.2) is 315 Å². The second-order valence-electron chi connectivity index (χ2n) is 28.0. The molecule has 470 valence electrons. The summed E-state index contributed by atoms with van der Waals surface area (Å²) < 4.78 is 96.5. The summed E-state index contributed by atoms with van der Waals surface area (Å²) in [5, 5.41) is 16.7. The van der Waals surface area contributed by atoms with Crippen molar-refractivity contribution in [2.75, 3.05) is 9.80 Å². The van der Waals surface area contributed by atoms with Crippen molar-refractivity contribution in [2.45, 2.75) is 52.4 Å². The van der Waals surface area contributed by atoms with E-state index in [4.69, 9.17) is 8.22 Å². The highest BCUT2D eigenvalue weighted by atomic mass is 15.2. The van der Waals surface area contributed by atoms with Gasteiger partial charge < -0.3 is 18.9 Å². The number of fused-ring (bicyclic) bond motifs is 10. The average molecular weight is 1280 g/mol. The van der Waals surface area contributed by atoms with Gasteiger partial charge in [0.05, 0.1) is 52.8 Å². The first kappa shape index (κ1) is 49.4. The Kier molecular flexibility index (Phi) is 11.5. The van der Waals surface area contributed by atoms with Crippen LogP contribution >= 0.6 is 0 Å². The summed E-state index contributed by atoms with van der Waals surface area (Å²) in [5.74, 6) is 0. The third-order valence-corrected chi connectivity index (χ3v) is 20.2. The van der Waals surface area contributed by atoms with Gasteiger partial charge in [-0.05, 0) is 185 Å². The topological polar surface area (TPSA) is 40.1 Å². The van der Waals surface area contributed by atoms with E-state index >= 15 is 0 Å². The monoisotopic (exact) mass is 1280 g/mol. The third-order valence-electron chi connectivity index (χ3n) is 20.2. The molecule has 0 bridgehead atoms. The van der Waals surface area contributed by atoms with Crippen molar-refractivity contribution in [3.05, 3.63) is 332 Å². The molecule has 0 aliphatic carbocycles. The molecular weight excluding hydrogens is 1200 g/mol. The first-order valence-corrected chi connectivity index (χ1v) is 33.7. The third kappa shape index (κ3) is 9.74. The average Bonchev–Trinajstić information content (AvgIpc) is 1.23. The van der Waals surface area contributed by atoms with Gasteiger partial charge in [0, 0.05) is 50.0 Å². The lowest BCUT2D eigenvalue weighted by Gasteiger charge is -2.45. The minimum absolute atomic E-state index is 0.00303. The molecule has 14 aromatic carbocycles. The minimum atomic E-state index is -0.685. The molecule has 2 aromatic heterocycles. The number of anilines is 6. The largest absolute Gasteiger partial charge is 0.311 e. The van der Waals surface area contributed by atoms with E-state index < -0.39 is 43.0 Å². The van der Waals surface area contributed by atoms with Crippen LogP contribution in [0, 0.1) is 11.3 Å². The maximum atomic E-state index is 12.6. The fourth-order valence-corrected chi connectivity index (χ4v) is 15.5. The SMILES string of the molecule is [2H]c1c([2H])c([2H])c(-c2ccc3c(c2)N(c2cc(-c4ccccc4)cc(-c4ccccc4)c2)c2cc(-n4c5ccc(C(C)(C)C)cc5c5cc(C(C)(C)C)ccc54)cc4c2B3c2ccc(-c3c([2H])c([2H])c([2H])c([2H])c3[2H])cc2N4c2cccc(-n3c4ccccc4c4c(-c5ccccc5)cccc43)c2C#N)c([2H])c1[2H]. The van der Waals surface area contributed by atoms with Gasteiger partial charge in [-0.2, -0.15) is 5.26 Å². The Morgan fingerprint density at radius 3 is 1.37 bits per heavy atom. The predicted octanol–water partition coefficient (Wildman–Crippen LogP) is 22.8. The van der Waals surface area contributed by atoms with Gasteiger partial charge in [0.25, 0.3) is 6.71 Å². The Morgan fingerprint density at radius 1 is 0.333 bits per heavy atom. The van der Waals surface area contributed by atoms with Crippen molar-refractivity contribution in [3.8, 4) is 73.1 Å². The zero-order valence-electron chi connectivity index (χ0n) is 65.6. The summed E-state index contributed by atoms with van der Waals surface area (Å²) in [6.07, 6.45) is 0. The van der Waals surface area contributed by atoms with Crippen molar-refractivity contribution < 1.29 is 13.7 Å². The predicted molar refractivity (Wildman–Crippen MR) is 418 cm³/mol. The summed E-state index contributed by atoms with van der Waals surface area (Å²) in [6, 6.07) is 86.0. The van der Waals surface area contributed by atoms with Gasteiger partial charge in [-0.15, -0.1) is 0 Å². The number of hydrogen-bond acceptors (Lipinski definition) is 3. The summed E-state index contributed by atoms with van der Waals surface area (Å²) >= 11 is 0. The van der Waals surface area contributed by atoms with Crippen LogP contribution in [0.3, 0.4) is 0 Å². The van der Waals surface area contributed by atoms with E-state index in [9.17, 15) is 10.7 Å². The molecule has 0 fully saturated rings. The number of hydrogen-bond donors (Lipinski definition) is 0. The van der Waals surface area contributed by atoms with E-state index in [0.717, 1.165) is 122 Å². The number of nitrogens with zero attached hydrogens (tertiary/aromatic N) is 5. The number of benzene rings is 14. The lowest BCUT2D eigenvalue weighted by molar-refractivity contribution is 0.590. The van der Waals surface area contributed by atoms with E-state index in [1.54, 1.807) is 0 Å². The lowest BCUT2D eigenvalue weighted by Crippen LogP contribution is -2.61. The highest BCUT2D eigenvalue weighted by Crippen LogP contribution is 2.51. The Morgan fingerprint density at radius 2 is 0.818 bits per heavy atom. The van der Waals surface area contributed by atoms with Crippen LogP contribution in [-0.4, -0.2) is 15.8 Å². The molecule has 0 radical (unpaired) electrons. The maximum absolute atomic E-state index is 12.6. The first-order valence-electron chi connectivity index (χ1n) is 38.7. The summed E-state index contributed by atoms with van der Waals surface area (Å²) in [7, 11) is 0. The molecule has 0 amide bonds. The maximum Gasteiger partial charge on any atom is 0.252 e. The second kappa shape index (κ2) is 23.0. The zero-order valence-corrected chi connectivity index (χ0v) is 55.6. The Labute approximate surface area is 593 Å². The van der Waals surface area contributed by atoms with Gasteiger partial charge in [0.1, 0.15) is 11.6 Å². The molecule has 2 aliphatic rings. The number of aromatic nitrogens is 2. The molecule has 5 nitrogen and oxygen atoms in total. The van der Waals surface area contributed by atoms with Crippen molar-refractivity contribution >= 4 is 101 Å².